The normalized spacial score (nSPS) is 24.5. The highest BCUT2D eigenvalue weighted by atomic mass is 16.6. The molecule has 0 aliphatic heterocycles. The SMILES string of the molecule is COC(=O)[C@@H]1[C@@H](C(=O)O)[C@@H]1N(C=O)C(=O)OC(C)(C)C. The number of esters is 1. The molecule has 0 radical (unpaired) electrons. The first-order valence-corrected chi connectivity index (χ1v) is 5.91. The van der Waals surface area contributed by atoms with Gasteiger partial charge in [0.1, 0.15) is 5.60 Å². The van der Waals surface area contributed by atoms with Gasteiger partial charge in [-0.3, -0.25) is 14.4 Å². The number of aliphatic carboxylic acids is 1. The number of amides is 2. The molecule has 0 aromatic rings. The van der Waals surface area contributed by atoms with Crippen LogP contribution in [-0.4, -0.2) is 53.2 Å². The molecule has 0 heterocycles. The fourth-order valence-corrected chi connectivity index (χ4v) is 1.91. The van der Waals surface area contributed by atoms with E-state index in [1.165, 1.54) is 0 Å². The van der Waals surface area contributed by atoms with E-state index in [9.17, 15) is 19.2 Å². The molecule has 0 spiro atoms. The second-order valence-electron chi connectivity index (χ2n) is 5.40. The lowest BCUT2D eigenvalue weighted by Gasteiger charge is -2.23. The van der Waals surface area contributed by atoms with E-state index in [1.807, 2.05) is 0 Å². The van der Waals surface area contributed by atoms with Gasteiger partial charge in [0, 0.05) is 0 Å². The smallest absolute Gasteiger partial charge is 0.417 e. The molecule has 0 aromatic carbocycles. The molecular formula is C12H17NO7. The number of methoxy groups -OCH3 is 1. The lowest BCUT2D eigenvalue weighted by Crippen LogP contribution is -2.39. The highest BCUT2D eigenvalue weighted by molar-refractivity contribution is 5.92. The van der Waals surface area contributed by atoms with Gasteiger partial charge in [-0.2, -0.15) is 0 Å². The minimum atomic E-state index is -1.28. The van der Waals surface area contributed by atoms with Gasteiger partial charge in [-0.1, -0.05) is 0 Å². The molecule has 0 bridgehead atoms. The van der Waals surface area contributed by atoms with Crippen molar-refractivity contribution in [2.45, 2.75) is 32.4 Å². The number of ether oxygens (including phenoxy) is 2. The molecule has 0 saturated heterocycles. The van der Waals surface area contributed by atoms with Crippen LogP contribution in [0.2, 0.25) is 0 Å². The fourth-order valence-electron chi connectivity index (χ4n) is 1.91. The summed E-state index contributed by atoms with van der Waals surface area (Å²) in [6.45, 7) is 4.81. The molecular weight excluding hydrogens is 270 g/mol. The second kappa shape index (κ2) is 5.48. The number of imide groups is 1. The number of hydrogen-bond acceptors (Lipinski definition) is 6. The monoisotopic (exact) mass is 287 g/mol. The van der Waals surface area contributed by atoms with E-state index in [-0.39, 0.29) is 6.41 Å². The van der Waals surface area contributed by atoms with Crippen LogP contribution < -0.4 is 0 Å². The minimum Gasteiger partial charge on any atom is -0.481 e. The Morgan fingerprint density at radius 1 is 1.20 bits per heavy atom. The number of rotatable bonds is 4. The first-order valence-electron chi connectivity index (χ1n) is 5.91. The Hall–Kier alpha value is -2.12. The molecule has 0 unspecified atom stereocenters. The van der Waals surface area contributed by atoms with Crippen LogP contribution in [0.4, 0.5) is 4.79 Å². The first kappa shape index (κ1) is 15.9. The summed E-state index contributed by atoms with van der Waals surface area (Å²) in [5, 5.41) is 8.99. The summed E-state index contributed by atoms with van der Waals surface area (Å²) >= 11 is 0. The number of nitrogens with zero attached hydrogens (tertiary/aromatic N) is 1. The third-order valence-corrected chi connectivity index (χ3v) is 2.78. The van der Waals surface area contributed by atoms with Gasteiger partial charge in [0.15, 0.2) is 0 Å². The van der Waals surface area contributed by atoms with Gasteiger partial charge in [0.25, 0.3) is 0 Å². The Balaban J connectivity index is 2.89. The average molecular weight is 287 g/mol. The Labute approximate surface area is 115 Å². The number of hydrogen-bond donors (Lipinski definition) is 1. The van der Waals surface area contributed by atoms with Gasteiger partial charge < -0.3 is 14.6 Å². The van der Waals surface area contributed by atoms with Crippen molar-refractivity contribution in [3.8, 4) is 0 Å². The Bertz CT molecular complexity index is 440. The van der Waals surface area contributed by atoms with Crippen LogP contribution in [0.25, 0.3) is 0 Å². The van der Waals surface area contributed by atoms with Gasteiger partial charge in [0.05, 0.1) is 25.0 Å². The van der Waals surface area contributed by atoms with Crippen molar-refractivity contribution in [3.05, 3.63) is 0 Å². The zero-order chi connectivity index (χ0) is 15.7. The number of carbonyl (C=O) groups excluding carboxylic acids is 3. The zero-order valence-electron chi connectivity index (χ0n) is 11.7. The molecule has 1 rings (SSSR count). The van der Waals surface area contributed by atoms with Crippen LogP contribution >= 0.6 is 0 Å². The molecule has 0 aromatic heterocycles. The molecule has 8 heteroatoms. The van der Waals surface area contributed by atoms with E-state index in [4.69, 9.17) is 9.84 Å². The maximum atomic E-state index is 11.8. The molecule has 1 N–H and O–H groups in total. The largest absolute Gasteiger partial charge is 0.481 e. The lowest BCUT2D eigenvalue weighted by molar-refractivity contribution is -0.146. The maximum absolute atomic E-state index is 11.8. The molecule has 2 amide bonds. The maximum Gasteiger partial charge on any atom is 0.417 e. The average Bonchev–Trinajstić information content (AvgIpc) is 3.02. The Morgan fingerprint density at radius 3 is 2.10 bits per heavy atom. The summed E-state index contributed by atoms with van der Waals surface area (Å²) in [6.07, 6.45) is -0.826. The van der Waals surface area contributed by atoms with Crippen molar-refractivity contribution < 1.29 is 33.8 Å². The van der Waals surface area contributed by atoms with E-state index >= 15 is 0 Å². The molecule has 1 aliphatic carbocycles. The van der Waals surface area contributed by atoms with Gasteiger partial charge in [0.2, 0.25) is 6.41 Å². The topological polar surface area (TPSA) is 110 Å². The van der Waals surface area contributed by atoms with Crippen molar-refractivity contribution in [2.24, 2.45) is 11.8 Å². The third-order valence-electron chi connectivity index (χ3n) is 2.78. The molecule has 20 heavy (non-hydrogen) atoms. The molecule has 1 aliphatic rings. The van der Waals surface area contributed by atoms with Crippen LogP contribution in [0.3, 0.4) is 0 Å². The van der Waals surface area contributed by atoms with Gasteiger partial charge in [-0.05, 0) is 20.8 Å². The summed E-state index contributed by atoms with van der Waals surface area (Å²) in [6, 6.07) is -1.08. The third kappa shape index (κ3) is 3.25. The van der Waals surface area contributed by atoms with Crippen molar-refractivity contribution in [1.82, 2.24) is 4.90 Å². The van der Waals surface area contributed by atoms with Gasteiger partial charge in [-0.25, -0.2) is 9.69 Å². The van der Waals surface area contributed by atoms with E-state index in [0.29, 0.717) is 4.90 Å². The molecule has 1 fully saturated rings. The fraction of sp³-hybridized carbons (Fsp3) is 0.667. The molecule has 8 nitrogen and oxygen atoms in total. The number of carboxylic acid groups (broad SMARTS) is 1. The standard InChI is InChI=1S/C12H17NO7/c1-12(2,3)20-11(18)13(5-14)8-6(9(15)16)7(8)10(17)19-4/h5-8H,1-4H3,(H,15,16)/t6-,7-,8+/m1/s1. The van der Waals surface area contributed by atoms with Crippen molar-refractivity contribution in [2.75, 3.05) is 7.11 Å². The molecule has 112 valence electrons. The molecule has 3 atom stereocenters. The quantitative estimate of drug-likeness (QED) is 0.583. The number of carboxylic acids is 1. The first-order chi connectivity index (χ1) is 9.14. The van der Waals surface area contributed by atoms with Gasteiger partial charge in [-0.15, -0.1) is 0 Å². The van der Waals surface area contributed by atoms with Gasteiger partial charge >= 0.3 is 18.0 Å². The zero-order valence-corrected chi connectivity index (χ0v) is 11.7. The van der Waals surface area contributed by atoms with Crippen LogP contribution in [-0.2, 0) is 23.9 Å². The van der Waals surface area contributed by atoms with Crippen LogP contribution in [0.5, 0.6) is 0 Å². The highest BCUT2D eigenvalue weighted by Gasteiger charge is 2.64. The summed E-state index contributed by atoms with van der Waals surface area (Å²) in [5.74, 6) is -4.28. The van der Waals surface area contributed by atoms with Crippen LogP contribution in [0, 0.1) is 11.8 Å². The second-order valence-corrected chi connectivity index (χ2v) is 5.40. The van der Waals surface area contributed by atoms with E-state index < -0.39 is 41.5 Å². The van der Waals surface area contributed by atoms with Crippen molar-refractivity contribution in [1.29, 1.82) is 0 Å². The minimum absolute atomic E-state index is 0.164. The van der Waals surface area contributed by atoms with Crippen LogP contribution in [0.1, 0.15) is 20.8 Å². The molecule has 1 saturated carbocycles. The highest BCUT2D eigenvalue weighted by Crippen LogP contribution is 2.44. The van der Waals surface area contributed by atoms with Crippen LogP contribution in [0.15, 0.2) is 0 Å². The van der Waals surface area contributed by atoms with Crippen molar-refractivity contribution in [3.63, 3.8) is 0 Å². The summed E-state index contributed by atoms with van der Waals surface area (Å²) < 4.78 is 9.46. The predicted molar refractivity (Wildman–Crippen MR) is 64.6 cm³/mol. The van der Waals surface area contributed by atoms with E-state index in [1.54, 1.807) is 20.8 Å². The lowest BCUT2D eigenvalue weighted by atomic mass is 10.2. The van der Waals surface area contributed by atoms with Crippen molar-refractivity contribution >= 4 is 24.4 Å². The van der Waals surface area contributed by atoms with E-state index in [2.05, 4.69) is 4.74 Å². The number of carbonyl (C=O) groups is 4. The summed E-state index contributed by atoms with van der Waals surface area (Å²) in [4.78, 5) is 45.9. The summed E-state index contributed by atoms with van der Waals surface area (Å²) in [7, 11) is 1.11. The Morgan fingerprint density at radius 2 is 1.75 bits per heavy atom. The Kier molecular flexibility index (Phi) is 4.36. The predicted octanol–water partition coefficient (Wildman–Crippen LogP) is 0.252. The summed E-state index contributed by atoms with van der Waals surface area (Å²) in [5.41, 5.74) is -0.841. The van der Waals surface area contributed by atoms with E-state index in [0.717, 1.165) is 7.11 Å².